The van der Waals surface area contributed by atoms with Crippen LogP contribution >= 0.6 is 0 Å². The van der Waals surface area contributed by atoms with Crippen LogP contribution in [0.25, 0.3) is 5.65 Å². The number of hydrogen-bond acceptors (Lipinski definition) is 6. The van der Waals surface area contributed by atoms with Gasteiger partial charge in [0.2, 0.25) is 0 Å². The summed E-state index contributed by atoms with van der Waals surface area (Å²) in [4.78, 5) is 16.1. The summed E-state index contributed by atoms with van der Waals surface area (Å²) in [5, 5.41) is 10.6. The Morgan fingerprint density at radius 2 is 2.05 bits per heavy atom. The molecule has 2 aromatic rings. The van der Waals surface area contributed by atoms with Gasteiger partial charge >= 0.3 is 5.69 Å². The van der Waals surface area contributed by atoms with Crippen LogP contribution in [0.3, 0.4) is 0 Å². The van der Waals surface area contributed by atoms with Crippen LogP contribution in [0.2, 0.25) is 0 Å². The number of piperazine rings is 1. The van der Waals surface area contributed by atoms with E-state index in [4.69, 9.17) is 5.73 Å². The molecular formula is C12H19N7O. The van der Waals surface area contributed by atoms with E-state index in [2.05, 4.69) is 25.1 Å². The van der Waals surface area contributed by atoms with Crippen molar-refractivity contribution in [3.63, 3.8) is 0 Å². The quantitative estimate of drug-likeness (QED) is 0.735. The highest BCUT2D eigenvalue weighted by Gasteiger charge is 2.18. The molecule has 0 radical (unpaired) electrons. The average Bonchev–Trinajstić information content (AvgIpc) is 2.87. The summed E-state index contributed by atoms with van der Waals surface area (Å²) in [5.41, 5.74) is 5.77. The van der Waals surface area contributed by atoms with E-state index < -0.39 is 0 Å². The third-order valence-electron chi connectivity index (χ3n) is 3.63. The lowest BCUT2D eigenvalue weighted by Gasteiger charge is -2.35. The van der Waals surface area contributed by atoms with Crippen molar-refractivity contribution in [1.29, 1.82) is 0 Å². The zero-order valence-electron chi connectivity index (χ0n) is 11.3. The van der Waals surface area contributed by atoms with Crippen LogP contribution in [0.1, 0.15) is 6.42 Å². The number of H-pyrrole nitrogens is 1. The first-order valence-corrected chi connectivity index (χ1v) is 6.90. The van der Waals surface area contributed by atoms with Crippen molar-refractivity contribution in [1.82, 2.24) is 24.7 Å². The maximum atomic E-state index is 11.5. The first kappa shape index (κ1) is 13.1. The number of nitrogens with zero attached hydrogens (tertiary/aromatic N) is 5. The van der Waals surface area contributed by atoms with E-state index >= 15 is 0 Å². The molecule has 3 heterocycles. The fourth-order valence-corrected chi connectivity index (χ4v) is 2.48. The van der Waals surface area contributed by atoms with Gasteiger partial charge in [-0.05, 0) is 31.6 Å². The van der Waals surface area contributed by atoms with Gasteiger partial charge in [-0.2, -0.15) is 9.61 Å². The summed E-state index contributed by atoms with van der Waals surface area (Å²) >= 11 is 0. The van der Waals surface area contributed by atoms with Crippen molar-refractivity contribution >= 4 is 11.5 Å². The molecule has 1 aliphatic heterocycles. The average molecular weight is 277 g/mol. The SMILES string of the molecule is NCCCN1CCN(c2ccc3n[nH]c(=O)n3n2)CC1. The summed E-state index contributed by atoms with van der Waals surface area (Å²) in [7, 11) is 0. The molecule has 0 amide bonds. The molecule has 1 aliphatic rings. The van der Waals surface area contributed by atoms with Crippen molar-refractivity contribution < 1.29 is 0 Å². The third-order valence-corrected chi connectivity index (χ3v) is 3.63. The molecule has 0 atom stereocenters. The van der Waals surface area contributed by atoms with Crippen LogP contribution < -0.4 is 16.3 Å². The molecule has 8 heteroatoms. The Labute approximate surface area is 116 Å². The number of aromatic amines is 1. The number of rotatable bonds is 4. The minimum Gasteiger partial charge on any atom is -0.353 e. The van der Waals surface area contributed by atoms with Gasteiger partial charge in [-0.25, -0.2) is 9.89 Å². The second-order valence-corrected chi connectivity index (χ2v) is 4.96. The van der Waals surface area contributed by atoms with Crippen molar-refractivity contribution in [3.05, 3.63) is 22.6 Å². The third kappa shape index (κ3) is 2.52. The molecule has 108 valence electrons. The van der Waals surface area contributed by atoms with E-state index in [1.165, 1.54) is 4.52 Å². The fraction of sp³-hybridized carbons (Fsp3) is 0.583. The van der Waals surface area contributed by atoms with Gasteiger partial charge in [0, 0.05) is 26.2 Å². The van der Waals surface area contributed by atoms with Crippen molar-refractivity contribution in [2.24, 2.45) is 5.73 Å². The lowest BCUT2D eigenvalue weighted by atomic mass is 10.3. The van der Waals surface area contributed by atoms with Gasteiger partial charge in [0.25, 0.3) is 0 Å². The Hall–Kier alpha value is -1.93. The summed E-state index contributed by atoms with van der Waals surface area (Å²) in [6.07, 6.45) is 1.04. The molecular weight excluding hydrogens is 258 g/mol. The number of nitrogens with one attached hydrogen (secondary N) is 1. The summed E-state index contributed by atoms with van der Waals surface area (Å²) < 4.78 is 1.30. The number of aromatic nitrogens is 4. The van der Waals surface area contributed by atoms with Gasteiger partial charge in [0.05, 0.1) is 0 Å². The molecule has 3 rings (SSSR count). The number of hydrogen-bond donors (Lipinski definition) is 2. The molecule has 1 fully saturated rings. The van der Waals surface area contributed by atoms with Gasteiger partial charge in [-0.15, -0.1) is 5.10 Å². The highest BCUT2D eigenvalue weighted by Crippen LogP contribution is 2.13. The Morgan fingerprint density at radius 1 is 1.25 bits per heavy atom. The van der Waals surface area contributed by atoms with Gasteiger partial charge < -0.3 is 10.6 Å². The van der Waals surface area contributed by atoms with E-state index in [9.17, 15) is 4.79 Å². The van der Waals surface area contributed by atoms with E-state index in [0.717, 1.165) is 51.5 Å². The predicted molar refractivity (Wildman–Crippen MR) is 75.9 cm³/mol. The van der Waals surface area contributed by atoms with Crippen molar-refractivity contribution in [3.8, 4) is 0 Å². The van der Waals surface area contributed by atoms with Crippen LogP contribution in [0.15, 0.2) is 16.9 Å². The van der Waals surface area contributed by atoms with Crippen LogP contribution in [0.5, 0.6) is 0 Å². The summed E-state index contributed by atoms with van der Waals surface area (Å²) in [5.74, 6) is 0.819. The Bertz CT molecular complexity index is 626. The highest BCUT2D eigenvalue weighted by molar-refractivity contribution is 5.45. The second-order valence-electron chi connectivity index (χ2n) is 4.96. The normalized spacial score (nSPS) is 16.9. The molecule has 2 aromatic heterocycles. The maximum absolute atomic E-state index is 11.5. The summed E-state index contributed by atoms with van der Waals surface area (Å²) in [6, 6.07) is 3.71. The molecule has 3 N–H and O–H groups in total. The molecule has 0 spiro atoms. The number of nitrogens with two attached hydrogens (primary N) is 1. The molecule has 0 unspecified atom stereocenters. The minimum atomic E-state index is -0.302. The van der Waals surface area contributed by atoms with Crippen molar-refractivity contribution in [2.45, 2.75) is 6.42 Å². The molecule has 0 saturated carbocycles. The molecule has 0 aromatic carbocycles. The monoisotopic (exact) mass is 277 g/mol. The molecule has 8 nitrogen and oxygen atoms in total. The van der Waals surface area contributed by atoms with Crippen LogP contribution in [-0.4, -0.2) is 64.0 Å². The molecule has 20 heavy (non-hydrogen) atoms. The zero-order valence-corrected chi connectivity index (χ0v) is 11.3. The summed E-state index contributed by atoms with van der Waals surface area (Å²) in [6.45, 7) is 5.62. The van der Waals surface area contributed by atoms with Crippen LogP contribution in [0.4, 0.5) is 5.82 Å². The molecule has 0 aliphatic carbocycles. The van der Waals surface area contributed by atoms with Crippen LogP contribution in [0, 0.1) is 0 Å². The minimum absolute atomic E-state index is 0.302. The van der Waals surface area contributed by atoms with Gasteiger partial charge in [-0.3, -0.25) is 4.90 Å². The first-order chi connectivity index (χ1) is 9.78. The maximum Gasteiger partial charge on any atom is 0.364 e. The largest absolute Gasteiger partial charge is 0.364 e. The van der Waals surface area contributed by atoms with Gasteiger partial charge in [0.15, 0.2) is 5.65 Å². The topological polar surface area (TPSA) is 95.5 Å². The smallest absolute Gasteiger partial charge is 0.353 e. The highest BCUT2D eigenvalue weighted by atomic mass is 16.2. The van der Waals surface area contributed by atoms with E-state index in [1.54, 1.807) is 6.07 Å². The predicted octanol–water partition coefficient (Wildman–Crippen LogP) is -1.11. The van der Waals surface area contributed by atoms with Crippen molar-refractivity contribution in [2.75, 3.05) is 44.2 Å². The zero-order chi connectivity index (χ0) is 13.9. The fourth-order valence-electron chi connectivity index (χ4n) is 2.48. The van der Waals surface area contributed by atoms with E-state index in [0.29, 0.717) is 5.65 Å². The molecule has 0 bridgehead atoms. The Kier molecular flexibility index (Phi) is 3.66. The van der Waals surface area contributed by atoms with Gasteiger partial charge in [0.1, 0.15) is 5.82 Å². The molecule has 1 saturated heterocycles. The van der Waals surface area contributed by atoms with E-state index in [-0.39, 0.29) is 5.69 Å². The first-order valence-electron chi connectivity index (χ1n) is 6.90. The second kappa shape index (κ2) is 5.59. The Morgan fingerprint density at radius 3 is 2.80 bits per heavy atom. The van der Waals surface area contributed by atoms with Crippen LogP contribution in [-0.2, 0) is 0 Å². The standard InChI is InChI=1S/C12H19N7O/c13-4-1-5-17-6-8-18(9-7-17)11-3-2-10-14-15-12(20)19(10)16-11/h2-3H,1,4-9,13H2,(H,15,20). The Balaban J connectivity index is 1.70. The lowest BCUT2D eigenvalue weighted by molar-refractivity contribution is 0.255. The number of anilines is 1. The number of fused-ring (bicyclic) bond motifs is 1. The lowest BCUT2D eigenvalue weighted by Crippen LogP contribution is -2.47. The van der Waals surface area contributed by atoms with Gasteiger partial charge in [-0.1, -0.05) is 0 Å². The van der Waals surface area contributed by atoms with E-state index in [1.807, 2.05) is 6.07 Å².